The molecule has 5 rings (SSSR count). The van der Waals surface area contributed by atoms with Crippen LogP contribution < -0.4 is 11.1 Å². The van der Waals surface area contributed by atoms with Crippen molar-refractivity contribution in [3.05, 3.63) is 76.8 Å². The van der Waals surface area contributed by atoms with Crippen molar-refractivity contribution in [2.24, 2.45) is 0 Å². The molecule has 1 amide bonds. The van der Waals surface area contributed by atoms with Crippen molar-refractivity contribution in [3.63, 3.8) is 0 Å². The second-order valence-electron chi connectivity index (χ2n) is 7.38. The molecule has 0 saturated heterocycles. The van der Waals surface area contributed by atoms with Crippen molar-refractivity contribution in [2.75, 3.05) is 5.32 Å². The van der Waals surface area contributed by atoms with Crippen LogP contribution in [-0.2, 0) is 17.5 Å². The van der Waals surface area contributed by atoms with E-state index in [2.05, 4.69) is 15.3 Å². The number of pyridine rings is 1. The molecule has 172 valence electrons. The summed E-state index contributed by atoms with van der Waals surface area (Å²) in [6.45, 7) is 0.0385. The minimum absolute atomic E-state index is 0.00684. The maximum atomic E-state index is 13.8. The number of oxazole rings is 1. The Labute approximate surface area is 193 Å². The molecule has 0 saturated carbocycles. The van der Waals surface area contributed by atoms with E-state index in [0.717, 1.165) is 6.07 Å². The monoisotopic (exact) mass is 484 g/mol. The van der Waals surface area contributed by atoms with Gasteiger partial charge in [-0.2, -0.15) is 18.2 Å². The molecule has 0 fully saturated rings. The third kappa shape index (κ3) is 4.17. The summed E-state index contributed by atoms with van der Waals surface area (Å²) in [6.07, 6.45) is -4.73. The van der Waals surface area contributed by atoms with E-state index in [1.54, 1.807) is 54.6 Å². The van der Waals surface area contributed by atoms with Crippen LogP contribution in [-0.4, -0.2) is 20.4 Å². The number of carbonyl (C=O) groups is 1. The van der Waals surface area contributed by atoms with Crippen LogP contribution in [0.1, 0.15) is 12.0 Å². The number of alkyl halides is 3. The molecule has 0 radical (unpaired) electrons. The van der Waals surface area contributed by atoms with Crippen molar-refractivity contribution in [2.45, 2.75) is 19.1 Å². The van der Waals surface area contributed by atoms with Crippen molar-refractivity contribution >= 4 is 43.8 Å². The van der Waals surface area contributed by atoms with Crippen LogP contribution in [0.2, 0.25) is 0 Å². The summed E-state index contributed by atoms with van der Waals surface area (Å²) in [6, 6.07) is 16.3. The number of para-hydroxylation sites is 2. The van der Waals surface area contributed by atoms with Crippen LogP contribution in [0.5, 0.6) is 0 Å². The number of benzene rings is 2. The fourth-order valence-electron chi connectivity index (χ4n) is 3.55. The van der Waals surface area contributed by atoms with Gasteiger partial charge in [-0.1, -0.05) is 53.8 Å². The number of aromatic nitrogens is 3. The molecule has 1 N–H and O–H groups in total. The lowest BCUT2D eigenvalue weighted by Gasteiger charge is -2.09. The van der Waals surface area contributed by atoms with E-state index in [1.807, 2.05) is 0 Å². The standard InChI is InChI=1S/C23H15F3N4O3S/c24-23(25,26)14-12-15(13-6-2-1-3-7-13)27-20-19(14)34-21(29-20)28-18(31)10-11-30-16-8-4-5-9-17(16)33-22(30)32/h1-9,12H,10-11H2,(H,27,28,29,31). The Morgan fingerprint density at radius 2 is 1.79 bits per heavy atom. The molecule has 2 aromatic carbocycles. The number of fused-ring (bicyclic) bond motifs is 2. The number of amides is 1. The molecule has 7 nitrogen and oxygen atoms in total. The van der Waals surface area contributed by atoms with Crippen LogP contribution in [0.3, 0.4) is 0 Å². The lowest BCUT2D eigenvalue weighted by molar-refractivity contribution is -0.136. The molecule has 3 aromatic heterocycles. The Morgan fingerprint density at radius 3 is 2.56 bits per heavy atom. The molecule has 0 unspecified atom stereocenters. The second-order valence-corrected chi connectivity index (χ2v) is 8.38. The molecule has 0 aliphatic rings. The number of carbonyl (C=O) groups excluding carboxylic acids is 1. The van der Waals surface area contributed by atoms with Gasteiger partial charge < -0.3 is 9.73 Å². The fourth-order valence-corrected chi connectivity index (χ4v) is 4.51. The van der Waals surface area contributed by atoms with Crippen molar-refractivity contribution in [1.29, 1.82) is 0 Å². The van der Waals surface area contributed by atoms with Crippen molar-refractivity contribution in [1.82, 2.24) is 14.5 Å². The van der Waals surface area contributed by atoms with Gasteiger partial charge in [-0.05, 0) is 18.2 Å². The van der Waals surface area contributed by atoms with Gasteiger partial charge >= 0.3 is 11.9 Å². The van der Waals surface area contributed by atoms with Crippen LogP contribution in [0, 0.1) is 0 Å². The highest BCUT2D eigenvalue weighted by atomic mass is 32.1. The zero-order chi connectivity index (χ0) is 23.9. The highest BCUT2D eigenvalue weighted by Gasteiger charge is 2.35. The second kappa shape index (κ2) is 8.41. The van der Waals surface area contributed by atoms with E-state index in [-0.39, 0.29) is 34.1 Å². The van der Waals surface area contributed by atoms with Gasteiger partial charge in [0.1, 0.15) is 0 Å². The lowest BCUT2D eigenvalue weighted by atomic mass is 10.1. The van der Waals surface area contributed by atoms with Gasteiger partial charge in [-0.15, -0.1) is 0 Å². The van der Waals surface area contributed by atoms with E-state index in [4.69, 9.17) is 4.42 Å². The maximum Gasteiger partial charge on any atom is 0.419 e. The van der Waals surface area contributed by atoms with Crippen LogP contribution in [0.25, 0.3) is 32.7 Å². The van der Waals surface area contributed by atoms with E-state index < -0.39 is 23.4 Å². The van der Waals surface area contributed by atoms with E-state index in [1.165, 1.54) is 4.57 Å². The van der Waals surface area contributed by atoms with E-state index in [0.29, 0.717) is 28.0 Å². The number of aryl methyl sites for hydroxylation is 1. The number of hydrogen-bond donors (Lipinski definition) is 1. The maximum absolute atomic E-state index is 13.8. The molecule has 34 heavy (non-hydrogen) atoms. The summed E-state index contributed by atoms with van der Waals surface area (Å²) < 4.78 is 47.5. The smallest absolute Gasteiger partial charge is 0.408 e. The first-order chi connectivity index (χ1) is 16.3. The van der Waals surface area contributed by atoms with Crippen molar-refractivity contribution < 1.29 is 22.4 Å². The van der Waals surface area contributed by atoms with Gasteiger partial charge in [-0.25, -0.2) is 9.78 Å². The summed E-state index contributed by atoms with van der Waals surface area (Å²) in [4.78, 5) is 32.9. The van der Waals surface area contributed by atoms with Gasteiger partial charge in [0, 0.05) is 18.5 Å². The summed E-state index contributed by atoms with van der Waals surface area (Å²) in [5.74, 6) is -1.10. The molecule has 5 aromatic rings. The summed E-state index contributed by atoms with van der Waals surface area (Å²) in [7, 11) is 0. The zero-order valence-corrected chi connectivity index (χ0v) is 18.1. The Morgan fingerprint density at radius 1 is 1.06 bits per heavy atom. The summed E-state index contributed by atoms with van der Waals surface area (Å²) in [5.41, 5.74) is 0.629. The minimum atomic E-state index is -4.62. The molecule has 0 aliphatic heterocycles. The third-order valence-corrected chi connectivity index (χ3v) is 6.11. The van der Waals surface area contributed by atoms with Gasteiger partial charge in [-0.3, -0.25) is 9.36 Å². The average Bonchev–Trinajstić information content (AvgIpc) is 3.36. The van der Waals surface area contributed by atoms with E-state index in [9.17, 15) is 22.8 Å². The minimum Gasteiger partial charge on any atom is -0.408 e. The topological polar surface area (TPSA) is 90.0 Å². The number of nitrogens with one attached hydrogen (secondary N) is 1. The molecule has 0 atom stereocenters. The molecule has 0 aliphatic carbocycles. The van der Waals surface area contributed by atoms with Gasteiger partial charge in [0.25, 0.3) is 0 Å². The number of nitrogens with zero attached hydrogens (tertiary/aromatic N) is 3. The molecule has 0 spiro atoms. The number of halogens is 3. The van der Waals surface area contributed by atoms with Gasteiger partial charge in [0.15, 0.2) is 16.4 Å². The molecule has 11 heteroatoms. The van der Waals surface area contributed by atoms with Crippen LogP contribution in [0.15, 0.2) is 69.9 Å². The Bertz CT molecular complexity index is 1570. The number of hydrogen-bond acceptors (Lipinski definition) is 6. The first-order valence-electron chi connectivity index (χ1n) is 10.1. The highest BCUT2D eigenvalue weighted by molar-refractivity contribution is 7.22. The summed E-state index contributed by atoms with van der Waals surface area (Å²) >= 11 is 0.699. The van der Waals surface area contributed by atoms with Crippen LogP contribution in [0.4, 0.5) is 18.3 Å². The third-order valence-electron chi connectivity index (χ3n) is 5.12. The molecule has 3 heterocycles. The molecule has 0 bridgehead atoms. The Balaban J connectivity index is 1.41. The first kappa shape index (κ1) is 21.8. The number of anilines is 1. The highest BCUT2D eigenvalue weighted by Crippen LogP contribution is 2.40. The van der Waals surface area contributed by atoms with Gasteiger partial charge in [0.05, 0.1) is 21.5 Å². The quantitative estimate of drug-likeness (QED) is 0.365. The number of rotatable bonds is 5. The normalized spacial score (nSPS) is 11.9. The van der Waals surface area contributed by atoms with Crippen molar-refractivity contribution in [3.8, 4) is 11.3 Å². The van der Waals surface area contributed by atoms with Gasteiger partial charge in [0.2, 0.25) is 5.91 Å². The van der Waals surface area contributed by atoms with E-state index >= 15 is 0 Å². The predicted octanol–water partition coefficient (Wildman–Crippen LogP) is 5.31. The first-order valence-corrected chi connectivity index (χ1v) is 10.9. The Kier molecular flexibility index (Phi) is 5.40. The zero-order valence-electron chi connectivity index (χ0n) is 17.3. The Hall–Kier alpha value is -3.99. The molecular weight excluding hydrogens is 469 g/mol. The fraction of sp³-hybridized carbons (Fsp3) is 0.130. The number of thiazole rings is 1. The SMILES string of the molecule is O=C(CCn1c(=O)oc2ccccc21)Nc1nc2nc(-c3ccccc3)cc(C(F)(F)F)c2s1. The predicted molar refractivity (Wildman–Crippen MR) is 122 cm³/mol. The average molecular weight is 484 g/mol. The summed E-state index contributed by atoms with van der Waals surface area (Å²) in [5, 5.41) is 2.51. The van der Waals surface area contributed by atoms with Crippen LogP contribution >= 0.6 is 11.3 Å². The lowest BCUT2D eigenvalue weighted by Crippen LogP contribution is -2.19. The largest absolute Gasteiger partial charge is 0.419 e. The molecular formula is C23H15F3N4O3S.